The third-order valence-corrected chi connectivity index (χ3v) is 3.07. The van der Waals surface area contributed by atoms with Gasteiger partial charge in [0.25, 0.3) is 0 Å². The van der Waals surface area contributed by atoms with E-state index in [1.807, 2.05) is 51.1 Å². The van der Waals surface area contributed by atoms with E-state index in [9.17, 15) is 9.18 Å². The summed E-state index contributed by atoms with van der Waals surface area (Å²) < 4.78 is 14.6. The lowest BCUT2D eigenvalue weighted by molar-refractivity contribution is 0.0936. The first kappa shape index (κ1) is 14.4. The van der Waals surface area contributed by atoms with Gasteiger partial charge in [0.15, 0.2) is 5.78 Å². The molecule has 2 aromatic rings. The normalized spacial score (nSPS) is 11.4. The summed E-state index contributed by atoms with van der Waals surface area (Å²) in [6.45, 7) is 5.93. The van der Waals surface area contributed by atoms with Crippen LogP contribution in [-0.4, -0.2) is 5.78 Å². The van der Waals surface area contributed by atoms with Gasteiger partial charge in [-0.15, -0.1) is 0 Å². The molecule has 20 heavy (non-hydrogen) atoms. The number of hydrogen-bond acceptors (Lipinski definition) is 1. The first-order valence-corrected chi connectivity index (χ1v) is 6.75. The van der Waals surface area contributed by atoms with E-state index < -0.39 is 5.82 Å². The molecule has 0 aromatic heterocycles. The van der Waals surface area contributed by atoms with Crippen LogP contribution in [0.3, 0.4) is 0 Å². The summed E-state index contributed by atoms with van der Waals surface area (Å²) in [5, 5.41) is 0. The molecule has 0 bridgehead atoms. The number of carbonyl (C=O) groups excluding carboxylic acids is 1. The van der Waals surface area contributed by atoms with E-state index in [4.69, 9.17) is 0 Å². The molecule has 104 valence electrons. The third-order valence-electron chi connectivity index (χ3n) is 3.07. The Morgan fingerprint density at radius 3 is 2.25 bits per heavy atom. The fraction of sp³-hybridized carbons (Fsp3) is 0.278. The SMILES string of the molecule is CC(C)(C)CC(=O)c1cccc(-c2ccccc2)c1F. The second-order valence-electron chi connectivity index (χ2n) is 6.19. The minimum Gasteiger partial charge on any atom is -0.294 e. The largest absolute Gasteiger partial charge is 0.294 e. The Labute approximate surface area is 119 Å². The molecule has 2 heteroatoms. The van der Waals surface area contributed by atoms with Crippen molar-refractivity contribution in [3.8, 4) is 11.1 Å². The highest BCUT2D eigenvalue weighted by molar-refractivity contribution is 5.98. The molecule has 0 amide bonds. The Hall–Kier alpha value is -1.96. The summed E-state index contributed by atoms with van der Waals surface area (Å²) >= 11 is 0. The van der Waals surface area contributed by atoms with Crippen molar-refractivity contribution in [3.63, 3.8) is 0 Å². The maximum absolute atomic E-state index is 14.6. The minimum atomic E-state index is -0.423. The Bertz CT molecular complexity index is 609. The van der Waals surface area contributed by atoms with Gasteiger partial charge in [-0.2, -0.15) is 0 Å². The molecule has 2 rings (SSSR count). The summed E-state index contributed by atoms with van der Waals surface area (Å²) in [6, 6.07) is 14.3. The average Bonchev–Trinajstić information content (AvgIpc) is 2.38. The van der Waals surface area contributed by atoms with E-state index in [2.05, 4.69) is 0 Å². The van der Waals surface area contributed by atoms with Crippen LogP contribution in [0.5, 0.6) is 0 Å². The fourth-order valence-electron chi connectivity index (χ4n) is 2.16. The van der Waals surface area contributed by atoms with Crippen molar-refractivity contribution in [1.29, 1.82) is 0 Å². The Kier molecular flexibility index (Phi) is 4.03. The number of hydrogen-bond donors (Lipinski definition) is 0. The van der Waals surface area contributed by atoms with Crippen LogP contribution in [-0.2, 0) is 0 Å². The van der Waals surface area contributed by atoms with Gasteiger partial charge in [0.2, 0.25) is 0 Å². The van der Waals surface area contributed by atoms with Gasteiger partial charge in [-0.1, -0.05) is 63.2 Å². The molecule has 2 aromatic carbocycles. The quantitative estimate of drug-likeness (QED) is 0.708. The Balaban J connectivity index is 2.41. The lowest BCUT2D eigenvalue weighted by Crippen LogP contribution is -2.14. The summed E-state index contributed by atoms with van der Waals surface area (Å²) in [6.07, 6.45) is 0.335. The fourth-order valence-corrected chi connectivity index (χ4v) is 2.16. The predicted molar refractivity (Wildman–Crippen MR) is 80.2 cm³/mol. The van der Waals surface area contributed by atoms with E-state index >= 15 is 0 Å². The molecule has 0 aliphatic carbocycles. The molecule has 1 nitrogen and oxygen atoms in total. The number of benzene rings is 2. The first-order chi connectivity index (χ1) is 9.38. The summed E-state index contributed by atoms with van der Waals surface area (Å²) in [5.41, 5.74) is 1.30. The van der Waals surface area contributed by atoms with Gasteiger partial charge in [-0.05, 0) is 17.0 Å². The smallest absolute Gasteiger partial charge is 0.166 e. The second-order valence-corrected chi connectivity index (χ2v) is 6.19. The van der Waals surface area contributed by atoms with E-state index in [1.165, 1.54) is 0 Å². The molecule has 0 N–H and O–H groups in total. The summed E-state index contributed by atoms with van der Waals surface area (Å²) in [5.74, 6) is -0.569. The molecule has 0 saturated heterocycles. The van der Waals surface area contributed by atoms with E-state index in [-0.39, 0.29) is 16.8 Å². The zero-order chi connectivity index (χ0) is 14.8. The standard InChI is InChI=1S/C18H19FO/c1-18(2,3)12-16(20)15-11-7-10-14(17(15)19)13-8-5-4-6-9-13/h4-11H,12H2,1-3H3. The average molecular weight is 270 g/mol. The zero-order valence-corrected chi connectivity index (χ0v) is 12.1. The molecule has 0 heterocycles. The maximum Gasteiger partial charge on any atom is 0.166 e. The van der Waals surface area contributed by atoms with Gasteiger partial charge in [-0.25, -0.2) is 4.39 Å². The highest BCUT2D eigenvalue weighted by Gasteiger charge is 2.21. The van der Waals surface area contributed by atoms with Crippen molar-refractivity contribution in [2.45, 2.75) is 27.2 Å². The van der Waals surface area contributed by atoms with Crippen LogP contribution < -0.4 is 0 Å². The second kappa shape index (κ2) is 5.58. The van der Waals surface area contributed by atoms with E-state index in [1.54, 1.807) is 18.2 Å². The van der Waals surface area contributed by atoms with Crippen LogP contribution in [0.15, 0.2) is 48.5 Å². The van der Waals surface area contributed by atoms with Crippen molar-refractivity contribution in [2.24, 2.45) is 5.41 Å². The van der Waals surface area contributed by atoms with E-state index in [0.29, 0.717) is 12.0 Å². The summed E-state index contributed by atoms with van der Waals surface area (Å²) in [4.78, 5) is 12.2. The zero-order valence-electron chi connectivity index (χ0n) is 12.1. The van der Waals surface area contributed by atoms with Gasteiger partial charge < -0.3 is 0 Å². The lowest BCUT2D eigenvalue weighted by Gasteiger charge is -2.17. The van der Waals surface area contributed by atoms with Crippen LogP contribution in [0.1, 0.15) is 37.6 Å². The lowest BCUT2D eigenvalue weighted by atomic mass is 9.87. The predicted octanol–water partition coefficient (Wildman–Crippen LogP) is 5.11. The molecule has 0 radical (unpaired) electrons. The van der Waals surface area contributed by atoms with Crippen molar-refractivity contribution in [1.82, 2.24) is 0 Å². The molecular weight excluding hydrogens is 251 g/mol. The number of rotatable bonds is 3. The van der Waals surface area contributed by atoms with Gasteiger partial charge in [-0.3, -0.25) is 4.79 Å². The van der Waals surface area contributed by atoms with Gasteiger partial charge >= 0.3 is 0 Å². The number of Topliss-reactive ketones (excluding diaryl/α,β-unsaturated/α-hetero) is 1. The van der Waals surface area contributed by atoms with Gasteiger partial charge in [0.1, 0.15) is 5.82 Å². The van der Waals surface area contributed by atoms with Crippen LogP contribution in [0, 0.1) is 11.2 Å². The van der Waals surface area contributed by atoms with Crippen molar-refractivity contribution in [2.75, 3.05) is 0 Å². The molecule has 0 aliphatic heterocycles. The maximum atomic E-state index is 14.6. The third kappa shape index (κ3) is 3.32. The summed E-state index contributed by atoms with van der Waals surface area (Å²) in [7, 11) is 0. The first-order valence-electron chi connectivity index (χ1n) is 6.75. The molecule has 0 aliphatic rings. The van der Waals surface area contributed by atoms with Crippen molar-refractivity contribution in [3.05, 3.63) is 59.9 Å². The Morgan fingerprint density at radius 1 is 1.00 bits per heavy atom. The van der Waals surface area contributed by atoms with Crippen LogP contribution in [0.4, 0.5) is 4.39 Å². The van der Waals surface area contributed by atoms with Gasteiger partial charge in [0.05, 0.1) is 5.56 Å². The van der Waals surface area contributed by atoms with Crippen LogP contribution >= 0.6 is 0 Å². The van der Waals surface area contributed by atoms with Crippen molar-refractivity contribution < 1.29 is 9.18 Å². The molecule has 0 fully saturated rings. The van der Waals surface area contributed by atoms with Crippen molar-refractivity contribution >= 4 is 5.78 Å². The molecular formula is C18H19FO. The Morgan fingerprint density at radius 2 is 1.65 bits per heavy atom. The highest BCUT2D eigenvalue weighted by Crippen LogP contribution is 2.28. The van der Waals surface area contributed by atoms with Crippen LogP contribution in [0.2, 0.25) is 0 Å². The van der Waals surface area contributed by atoms with E-state index in [0.717, 1.165) is 5.56 Å². The monoisotopic (exact) mass is 270 g/mol. The molecule has 0 spiro atoms. The highest BCUT2D eigenvalue weighted by atomic mass is 19.1. The van der Waals surface area contributed by atoms with Gasteiger partial charge in [0, 0.05) is 12.0 Å². The number of halogens is 1. The van der Waals surface area contributed by atoms with Crippen LogP contribution in [0.25, 0.3) is 11.1 Å². The number of ketones is 1. The molecule has 0 unspecified atom stereocenters. The minimum absolute atomic E-state index is 0.146. The molecule has 0 saturated carbocycles. The topological polar surface area (TPSA) is 17.1 Å². The number of carbonyl (C=O) groups is 1. The molecule has 0 atom stereocenters.